The summed E-state index contributed by atoms with van der Waals surface area (Å²) in [5.74, 6) is 2.76. The Hall–Kier alpha value is -3.19. The minimum absolute atomic E-state index is 0.0375. The number of fused-ring (bicyclic) bond motifs is 1. The van der Waals surface area contributed by atoms with Crippen LogP contribution in [-0.4, -0.2) is 47.7 Å². The second-order valence-corrected chi connectivity index (χ2v) is 10.5. The van der Waals surface area contributed by atoms with Gasteiger partial charge in [0.05, 0.1) is 5.71 Å². The molecule has 0 spiro atoms. The molecule has 0 fully saturated rings. The van der Waals surface area contributed by atoms with E-state index in [-0.39, 0.29) is 11.8 Å². The second kappa shape index (κ2) is 11.7. The largest absolute Gasteiger partial charge is 0.492 e. The van der Waals surface area contributed by atoms with Crippen LogP contribution in [0.25, 0.3) is 22.6 Å². The van der Waals surface area contributed by atoms with Gasteiger partial charge in [-0.15, -0.1) is 0 Å². The molecule has 0 bridgehead atoms. The highest BCUT2D eigenvalue weighted by molar-refractivity contribution is 6.07. The number of hydrogen-bond donors (Lipinski definition) is 1. The van der Waals surface area contributed by atoms with E-state index < -0.39 is 0 Å². The summed E-state index contributed by atoms with van der Waals surface area (Å²) in [6.45, 7) is 14.8. The van der Waals surface area contributed by atoms with Crippen molar-refractivity contribution in [2.45, 2.75) is 47.5 Å². The molecule has 1 N–H and O–H groups in total. The van der Waals surface area contributed by atoms with E-state index in [1.807, 2.05) is 42.5 Å². The van der Waals surface area contributed by atoms with E-state index in [1.54, 1.807) is 0 Å². The van der Waals surface area contributed by atoms with E-state index >= 15 is 0 Å². The van der Waals surface area contributed by atoms with Crippen LogP contribution in [0.2, 0.25) is 0 Å². The molecule has 0 radical (unpaired) electrons. The van der Waals surface area contributed by atoms with Gasteiger partial charge in [-0.05, 0) is 54.7 Å². The number of benzene rings is 2. The molecule has 2 aromatic carbocycles. The molecule has 192 valence electrons. The van der Waals surface area contributed by atoms with Crippen LogP contribution in [-0.2, 0) is 4.79 Å². The van der Waals surface area contributed by atoms with Crippen LogP contribution in [0.15, 0.2) is 52.0 Å². The fraction of sp³-hybridized carbons (Fsp3) is 0.483. The predicted molar refractivity (Wildman–Crippen MR) is 144 cm³/mol. The summed E-state index contributed by atoms with van der Waals surface area (Å²) >= 11 is 0. The van der Waals surface area contributed by atoms with Gasteiger partial charge < -0.3 is 9.15 Å². The minimum atomic E-state index is -0.0375. The maximum Gasteiger partial charge on any atom is 0.240 e. The van der Waals surface area contributed by atoms with Crippen LogP contribution >= 0.6 is 0 Å². The van der Waals surface area contributed by atoms with Crippen LogP contribution in [0.5, 0.6) is 5.75 Å². The first-order chi connectivity index (χ1) is 17.3. The summed E-state index contributed by atoms with van der Waals surface area (Å²) < 4.78 is 12.1. The predicted octanol–water partition coefficient (Wildman–Crippen LogP) is 5.74. The zero-order valence-corrected chi connectivity index (χ0v) is 22.1. The Morgan fingerprint density at radius 1 is 1.06 bits per heavy atom. The molecular weight excluding hydrogens is 452 g/mol. The molecular formula is C29H38N4O3. The van der Waals surface area contributed by atoms with Gasteiger partial charge >= 0.3 is 0 Å². The number of hydrogen-bond acceptors (Lipinski definition) is 6. The molecule has 0 aliphatic carbocycles. The molecule has 0 saturated heterocycles. The number of rotatable bonds is 11. The van der Waals surface area contributed by atoms with Crippen molar-refractivity contribution in [3.63, 3.8) is 0 Å². The molecule has 7 heteroatoms. The Bertz CT molecular complexity index is 1190. The van der Waals surface area contributed by atoms with E-state index in [1.165, 1.54) is 0 Å². The maximum atomic E-state index is 11.7. The van der Waals surface area contributed by atoms with Crippen molar-refractivity contribution in [1.82, 2.24) is 15.3 Å². The Morgan fingerprint density at radius 3 is 2.42 bits per heavy atom. The third kappa shape index (κ3) is 6.52. The SMILES string of the molecule is CCC1CC(=O)NN=C1c1ccc2nc(-c3ccc(OCCN(CC(C)C)CC(C)C)cc3)oc2c1. The van der Waals surface area contributed by atoms with Gasteiger partial charge in [-0.25, -0.2) is 10.4 Å². The second-order valence-electron chi connectivity index (χ2n) is 10.5. The quantitative estimate of drug-likeness (QED) is 0.371. The molecule has 1 aliphatic heterocycles. The molecule has 7 nitrogen and oxygen atoms in total. The van der Waals surface area contributed by atoms with Gasteiger partial charge in [-0.3, -0.25) is 9.69 Å². The summed E-state index contributed by atoms with van der Waals surface area (Å²) in [5.41, 5.74) is 6.83. The van der Waals surface area contributed by atoms with Crippen molar-refractivity contribution in [2.75, 3.05) is 26.2 Å². The Balaban J connectivity index is 1.42. The molecule has 3 aromatic rings. The zero-order chi connectivity index (χ0) is 25.7. The number of carbonyl (C=O) groups is 1. The lowest BCUT2D eigenvalue weighted by molar-refractivity contribution is -0.122. The van der Waals surface area contributed by atoms with Gasteiger partial charge in [0, 0.05) is 43.1 Å². The zero-order valence-electron chi connectivity index (χ0n) is 22.1. The number of oxazole rings is 1. The smallest absolute Gasteiger partial charge is 0.240 e. The average Bonchev–Trinajstić information content (AvgIpc) is 3.27. The number of ether oxygens (including phenoxy) is 1. The normalized spacial score (nSPS) is 16.2. The summed E-state index contributed by atoms with van der Waals surface area (Å²) in [7, 11) is 0. The van der Waals surface area contributed by atoms with E-state index in [9.17, 15) is 4.79 Å². The summed E-state index contributed by atoms with van der Waals surface area (Å²) in [4.78, 5) is 18.9. The first-order valence-corrected chi connectivity index (χ1v) is 13.0. The molecule has 36 heavy (non-hydrogen) atoms. The topological polar surface area (TPSA) is 80.0 Å². The van der Waals surface area contributed by atoms with Gasteiger partial charge in [0.2, 0.25) is 11.8 Å². The third-order valence-electron chi connectivity index (χ3n) is 6.32. The number of carbonyl (C=O) groups excluding carboxylic acids is 1. The minimum Gasteiger partial charge on any atom is -0.492 e. The van der Waals surface area contributed by atoms with Crippen LogP contribution in [0.3, 0.4) is 0 Å². The highest BCUT2D eigenvalue weighted by Gasteiger charge is 2.24. The average molecular weight is 491 g/mol. The van der Waals surface area contributed by atoms with Crippen LogP contribution < -0.4 is 10.2 Å². The van der Waals surface area contributed by atoms with Crippen molar-refractivity contribution >= 4 is 22.7 Å². The van der Waals surface area contributed by atoms with E-state index in [0.29, 0.717) is 36.3 Å². The van der Waals surface area contributed by atoms with E-state index in [2.05, 4.69) is 55.0 Å². The highest BCUT2D eigenvalue weighted by Crippen LogP contribution is 2.28. The lowest BCUT2D eigenvalue weighted by Gasteiger charge is -2.26. The van der Waals surface area contributed by atoms with Gasteiger partial charge in [-0.2, -0.15) is 5.10 Å². The van der Waals surface area contributed by atoms with E-state index in [0.717, 1.165) is 54.2 Å². The molecule has 0 saturated carbocycles. The summed E-state index contributed by atoms with van der Waals surface area (Å²) in [6.07, 6.45) is 1.31. The van der Waals surface area contributed by atoms with Gasteiger partial charge in [0.1, 0.15) is 17.9 Å². The number of nitrogens with one attached hydrogen (secondary N) is 1. The lowest BCUT2D eigenvalue weighted by atomic mass is 9.90. The fourth-order valence-corrected chi connectivity index (χ4v) is 4.70. The molecule has 2 heterocycles. The molecule has 1 amide bonds. The highest BCUT2D eigenvalue weighted by atomic mass is 16.5. The number of aromatic nitrogens is 1. The van der Waals surface area contributed by atoms with Crippen LogP contribution in [0.1, 0.15) is 53.0 Å². The van der Waals surface area contributed by atoms with Crippen molar-refractivity contribution in [3.8, 4) is 17.2 Å². The number of hydrazone groups is 1. The van der Waals surface area contributed by atoms with Crippen LogP contribution in [0.4, 0.5) is 0 Å². The van der Waals surface area contributed by atoms with Crippen LogP contribution in [0, 0.1) is 17.8 Å². The van der Waals surface area contributed by atoms with E-state index in [4.69, 9.17) is 9.15 Å². The molecule has 1 aliphatic rings. The third-order valence-corrected chi connectivity index (χ3v) is 6.32. The van der Waals surface area contributed by atoms with Crippen molar-refractivity contribution in [2.24, 2.45) is 22.9 Å². The fourth-order valence-electron chi connectivity index (χ4n) is 4.70. The monoisotopic (exact) mass is 490 g/mol. The first-order valence-electron chi connectivity index (χ1n) is 13.0. The van der Waals surface area contributed by atoms with Crippen molar-refractivity contribution in [1.29, 1.82) is 0 Å². The number of nitrogens with zero attached hydrogens (tertiary/aromatic N) is 3. The van der Waals surface area contributed by atoms with Gasteiger partial charge in [0.15, 0.2) is 5.58 Å². The van der Waals surface area contributed by atoms with Crippen molar-refractivity contribution < 1.29 is 13.9 Å². The lowest BCUT2D eigenvalue weighted by Crippen LogP contribution is -2.34. The summed E-state index contributed by atoms with van der Waals surface area (Å²) in [6, 6.07) is 13.8. The molecule has 4 rings (SSSR count). The van der Waals surface area contributed by atoms with Gasteiger partial charge in [0.25, 0.3) is 0 Å². The Kier molecular flexibility index (Phi) is 8.41. The standard InChI is InChI=1S/C29H38N4O3/c1-6-21-16-27(34)31-32-28(21)23-9-12-25-26(15-23)36-29(30-25)22-7-10-24(11-8-22)35-14-13-33(17-19(2)3)18-20(4)5/h7-12,15,19-21H,6,13-14,16-18H2,1-5H3,(H,31,34). The maximum absolute atomic E-state index is 11.7. The molecule has 1 unspecified atom stereocenters. The Morgan fingerprint density at radius 2 is 1.75 bits per heavy atom. The molecule has 1 atom stereocenters. The van der Waals surface area contributed by atoms with Crippen molar-refractivity contribution in [3.05, 3.63) is 48.0 Å². The summed E-state index contributed by atoms with van der Waals surface area (Å²) in [5, 5.41) is 4.32. The van der Waals surface area contributed by atoms with Gasteiger partial charge in [-0.1, -0.05) is 40.7 Å². The Labute approximate surface area is 213 Å². The first kappa shape index (κ1) is 25.9. The number of amides is 1. The molecule has 1 aromatic heterocycles.